The highest BCUT2D eigenvalue weighted by Crippen LogP contribution is 2.52. The minimum absolute atomic E-state index is 0.00228. The average molecular weight is 750 g/mol. The van der Waals surface area contributed by atoms with Crippen LogP contribution in [0.1, 0.15) is 30.9 Å². The summed E-state index contributed by atoms with van der Waals surface area (Å²) in [5, 5.41) is 0.150. The van der Waals surface area contributed by atoms with Crippen LogP contribution < -0.4 is 18.5 Å². The van der Waals surface area contributed by atoms with E-state index < -0.39 is 34.2 Å². The van der Waals surface area contributed by atoms with Crippen molar-refractivity contribution in [2.75, 3.05) is 64.4 Å². The minimum atomic E-state index is -4.74. The molecule has 0 aliphatic carbocycles. The highest BCUT2D eigenvalue weighted by atomic mass is 35.5. The number of carbonyl (C=O) groups is 2. The van der Waals surface area contributed by atoms with E-state index in [1.165, 1.54) is 73.8 Å². The van der Waals surface area contributed by atoms with E-state index >= 15 is 4.79 Å². The first-order valence-electron chi connectivity index (χ1n) is 16.4. The lowest BCUT2D eigenvalue weighted by molar-refractivity contribution is -0.132. The van der Waals surface area contributed by atoms with Gasteiger partial charge >= 0.3 is 6.09 Å². The van der Waals surface area contributed by atoms with Crippen LogP contribution in [0.25, 0.3) is 0 Å². The van der Waals surface area contributed by atoms with Crippen LogP contribution in [0.2, 0.25) is 5.02 Å². The van der Waals surface area contributed by atoms with Crippen LogP contribution in [0.5, 0.6) is 17.4 Å². The average Bonchev–Trinajstić information content (AvgIpc) is 3.38. The van der Waals surface area contributed by atoms with E-state index in [1.807, 2.05) is 0 Å². The number of aromatic nitrogens is 1. The van der Waals surface area contributed by atoms with Gasteiger partial charge in [-0.05, 0) is 62.2 Å². The monoisotopic (exact) mass is 749 g/mol. The largest absolute Gasteiger partial charge is 0.497 e. The fourth-order valence-electron chi connectivity index (χ4n) is 6.90. The summed E-state index contributed by atoms with van der Waals surface area (Å²) in [6.45, 7) is 1.26. The Bertz CT molecular complexity index is 1890. The van der Waals surface area contributed by atoms with E-state index in [1.54, 1.807) is 6.92 Å². The van der Waals surface area contributed by atoms with Crippen molar-refractivity contribution < 1.29 is 45.7 Å². The molecule has 2 amide bonds. The van der Waals surface area contributed by atoms with Gasteiger partial charge in [0.1, 0.15) is 16.4 Å². The number of hydrogen-bond donors (Lipinski definition) is 0. The Balaban J connectivity index is 1.39. The van der Waals surface area contributed by atoms with Crippen LogP contribution in [0, 0.1) is 0 Å². The summed E-state index contributed by atoms with van der Waals surface area (Å²) < 4.78 is 78.7. The Labute approximate surface area is 299 Å². The maximum atomic E-state index is 15.0. The first-order valence-corrected chi connectivity index (χ1v) is 18.2. The number of anilines is 1. The van der Waals surface area contributed by atoms with Crippen LogP contribution >= 0.6 is 11.6 Å². The van der Waals surface area contributed by atoms with Gasteiger partial charge in [0, 0.05) is 68.2 Å². The molecule has 13 nitrogen and oxygen atoms in total. The van der Waals surface area contributed by atoms with Gasteiger partial charge in [0.15, 0.2) is 0 Å². The number of nitrogens with zero attached hydrogens (tertiary/aromatic N) is 5. The third-order valence-electron chi connectivity index (χ3n) is 9.47. The molecule has 0 spiro atoms. The van der Waals surface area contributed by atoms with Gasteiger partial charge in [0.2, 0.25) is 5.88 Å². The maximum Gasteiger partial charge on any atom is 0.411 e. The normalized spacial score (nSPS) is 20.4. The van der Waals surface area contributed by atoms with E-state index in [2.05, 4.69) is 9.88 Å². The molecule has 274 valence electrons. The molecule has 3 aliphatic heterocycles. The second kappa shape index (κ2) is 14.8. The number of hydrogen-bond acceptors (Lipinski definition) is 11. The molecule has 6 rings (SSSR count). The molecule has 0 N–H and O–H groups in total. The molecule has 1 atom stereocenters. The molecule has 3 aliphatic rings. The number of fused-ring (bicyclic) bond motifs is 1. The summed E-state index contributed by atoms with van der Waals surface area (Å²) in [5.74, 6) is -0.927. The van der Waals surface area contributed by atoms with Crippen molar-refractivity contribution in [2.45, 2.75) is 42.9 Å². The first-order chi connectivity index (χ1) is 24.5. The van der Waals surface area contributed by atoms with Crippen molar-refractivity contribution in [2.24, 2.45) is 0 Å². The van der Waals surface area contributed by atoms with E-state index in [9.17, 15) is 22.0 Å². The Morgan fingerprint density at radius 3 is 2.37 bits per heavy atom. The number of ether oxygens (including phenoxy) is 4. The summed E-state index contributed by atoms with van der Waals surface area (Å²) in [6, 6.07) is 11.3. The Hall–Kier alpha value is -4.25. The number of benzene rings is 2. The smallest absolute Gasteiger partial charge is 0.411 e. The number of pyridine rings is 1. The van der Waals surface area contributed by atoms with Gasteiger partial charge in [-0.2, -0.15) is 13.1 Å². The Kier molecular flexibility index (Phi) is 10.6. The predicted octanol–water partition coefficient (Wildman–Crippen LogP) is 4.57. The highest BCUT2D eigenvalue weighted by Gasteiger charge is 2.61. The van der Waals surface area contributed by atoms with Gasteiger partial charge in [-0.3, -0.25) is 9.69 Å². The molecular formula is C34H38ClF2N5O8S. The topological polar surface area (TPSA) is 131 Å². The van der Waals surface area contributed by atoms with Gasteiger partial charge in [-0.1, -0.05) is 11.6 Å². The number of alkyl halides is 2. The molecule has 2 aromatic carbocycles. The maximum absolute atomic E-state index is 15.0. The number of likely N-dealkylation sites (tertiary alicyclic amines) is 1. The highest BCUT2D eigenvalue weighted by molar-refractivity contribution is 7.93. The Morgan fingerprint density at radius 1 is 1.00 bits per heavy atom. The van der Waals surface area contributed by atoms with Crippen molar-refractivity contribution in [3.8, 4) is 17.4 Å². The van der Waals surface area contributed by atoms with E-state index in [4.69, 9.17) is 30.5 Å². The summed E-state index contributed by atoms with van der Waals surface area (Å²) in [6.07, 6.45) is 1.71. The second-order valence-electron chi connectivity index (χ2n) is 12.2. The molecule has 0 radical (unpaired) electrons. The quantitative estimate of drug-likeness (QED) is 0.270. The first kappa shape index (κ1) is 36.5. The number of carbonyl (C=O) groups excluding carboxylic acids is 2. The molecule has 3 aromatic rings. The van der Waals surface area contributed by atoms with Crippen molar-refractivity contribution in [1.29, 1.82) is 0 Å². The predicted molar refractivity (Wildman–Crippen MR) is 182 cm³/mol. The lowest BCUT2D eigenvalue weighted by Crippen LogP contribution is -2.56. The molecule has 0 bridgehead atoms. The standard InChI is InChI=1S/C34H38ClF2N5O8S/c1-4-49-30-25(6-5-13-38-30)34(50-33(44)41-18-16-39(17-19-41)23-11-14-40(15-12-23)32(36)37)26-20-22(35)7-9-27(26)42(31(34)43)51(45,46)29-10-8-24(47-2)21-28(29)48-3/h5-10,13,20-21,23,32H,4,11-12,14-19H2,1-3H3. The van der Waals surface area contributed by atoms with Crippen LogP contribution in [-0.2, 0) is 25.2 Å². The third kappa shape index (κ3) is 6.65. The molecule has 17 heteroatoms. The van der Waals surface area contributed by atoms with Crippen LogP contribution in [-0.4, -0.2) is 113 Å². The molecule has 2 fully saturated rings. The summed E-state index contributed by atoms with van der Waals surface area (Å²) in [7, 11) is -2.04. The zero-order valence-electron chi connectivity index (χ0n) is 28.3. The molecule has 51 heavy (non-hydrogen) atoms. The fourth-order valence-corrected chi connectivity index (χ4v) is 8.67. The van der Waals surface area contributed by atoms with Crippen LogP contribution in [0.3, 0.4) is 0 Å². The number of methoxy groups -OCH3 is 2. The molecule has 1 unspecified atom stereocenters. The number of amides is 2. The summed E-state index contributed by atoms with van der Waals surface area (Å²) >= 11 is 6.49. The van der Waals surface area contributed by atoms with Gasteiger partial charge < -0.3 is 23.8 Å². The van der Waals surface area contributed by atoms with Gasteiger partial charge in [0.25, 0.3) is 28.1 Å². The Morgan fingerprint density at radius 2 is 1.73 bits per heavy atom. The lowest BCUT2D eigenvalue weighted by atomic mass is 9.87. The fraction of sp³-hybridized carbons (Fsp3) is 0.441. The van der Waals surface area contributed by atoms with Crippen molar-refractivity contribution in [3.05, 3.63) is 70.9 Å². The van der Waals surface area contributed by atoms with Crippen LogP contribution in [0.15, 0.2) is 59.6 Å². The van der Waals surface area contributed by atoms with Crippen molar-refractivity contribution >= 4 is 39.3 Å². The van der Waals surface area contributed by atoms with E-state index in [0.717, 1.165) is 4.90 Å². The second-order valence-corrected chi connectivity index (χ2v) is 14.4. The van der Waals surface area contributed by atoms with E-state index in [0.29, 0.717) is 36.0 Å². The minimum Gasteiger partial charge on any atom is -0.497 e. The third-order valence-corrected chi connectivity index (χ3v) is 11.4. The molecule has 0 saturated carbocycles. The van der Waals surface area contributed by atoms with Crippen LogP contribution in [0.4, 0.5) is 19.3 Å². The van der Waals surface area contributed by atoms with Gasteiger partial charge in [-0.15, -0.1) is 0 Å². The molecule has 2 saturated heterocycles. The SMILES string of the molecule is CCOc1ncccc1C1(OC(=O)N2CCN(C3CCN(C(F)F)CC3)CC2)C(=O)N(S(=O)(=O)c2ccc(OC)cc2OC)c2ccc(Cl)cc21. The lowest BCUT2D eigenvalue weighted by Gasteiger charge is -2.42. The summed E-state index contributed by atoms with van der Waals surface area (Å²) in [5.41, 5.74) is -2.51. The zero-order valence-corrected chi connectivity index (χ0v) is 29.8. The number of halogens is 3. The molecular weight excluding hydrogens is 712 g/mol. The van der Waals surface area contributed by atoms with Crippen molar-refractivity contribution in [1.82, 2.24) is 19.7 Å². The molecule has 1 aromatic heterocycles. The summed E-state index contributed by atoms with van der Waals surface area (Å²) in [4.78, 5) is 37.9. The van der Waals surface area contributed by atoms with Crippen molar-refractivity contribution in [3.63, 3.8) is 0 Å². The van der Waals surface area contributed by atoms with Gasteiger partial charge in [-0.25, -0.2) is 23.1 Å². The zero-order chi connectivity index (χ0) is 36.5. The number of rotatable bonds is 10. The number of sulfonamides is 1. The van der Waals surface area contributed by atoms with Gasteiger partial charge in [0.05, 0.1) is 32.1 Å². The van der Waals surface area contributed by atoms with E-state index in [-0.39, 0.29) is 77.2 Å². The molecule has 4 heterocycles. The number of piperidine rings is 1. The number of piperazine rings is 1.